The third kappa shape index (κ3) is 3.03. The number of anilines is 1. The summed E-state index contributed by atoms with van der Waals surface area (Å²) in [5.74, 6) is 0.653. The standard InChI is InChI=1S/C14H22N4O/c1-4-7-16-12-10-15-9-11(17-12)13(19)18-8-5-6-14(18,2)3/h9-10H,4-8H2,1-3H3,(H,16,17). The van der Waals surface area contributed by atoms with Crippen molar-refractivity contribution < 1.29 is 4.79 Å². The van der Waals surface area contributed by atoms with Gasteiger partial charge in [0, 0.05) is 18.6 Å². The highest BCUT2D eigenvalue weighted by Crippen LogP contribution is 2.29. The average molecular weight is 262 g/mol. The third-order valence-corrected chi connectivity index (χ3v) is 3.56. The summed E-state index contributed by atoms with van der Waals surface area (Å²) in [7, 11) is 0. The molecule has 0 radical (unpaired) electrons. The first-order valence-corrected chi connectivity index (χ1v) is 6.92. The summed E-state index contributed by atoms with van der Waals surface area (Å²) in [5.41, 5.74) is 0.349. The molecule has 1 N–H and O–H groups in total. The Hall–Kier alpha value is -1.65. The maximum Gasteiger partial charge on any atom is 0.274 e. The summed E-state index contributed by atoms with van der Waals surface area (Å²) in [6.45, 7) is 7.93. The number of hydrogen-bond donors (Lipinski definition) is 1. The number of rotatable bonds is 4. The summed E-state index contributed by atoms with van der Waals surface area (Å²) >= 11 is 0. The van der Waals surface area contributed by atoms with Crippen LogP contribution in [0.3, 0.4) is 0 Å². The minimum absolute atomic E-state index is 0.0184. The van der Waals surface area contributed by atoms with Crippen LogP contribution in [0.1, 0.15) is 50.5 Å². The van der Waals surface area contributed by atoms with Crippen LogP contribution in [0.25, 0.3) is 0 Å². The molecule has 1 aromatic rings. The van der Waals surface area contributed by atoms with Crippen molar-refractivity contribution in [2.75, 3.05) is 18.4 Å². The Morgan fingerprint density at radius 1 is 1.47 bits per heavy atom. The van der Waals surface area contributed by atoms with Crippen LogP contribution in [0.5, 0.6) is 0 Å². The molecule has 104 valence electrons. The van der Waals surface area contributed by atoms with E-state index in [-0.39, 0.29) is 11.4 Å². The number of carbonyl (C=O) groups excluding carboxylic acids is 1. The molecule has 0 aliphatic carbocycles. The summed E-state index contributed by atoms with van der Waals surface area (Å²) < 4.78 is 0. The number of nitrogens with zero attached hydrogens (tertiary/aromatic N) is 3. The first kappa shape index (κ1) is 13.8. The molecule has 2 heterocycles. The Morgan fingerprint density at radius 3 is 2.89 bits per heavy atom. The molecule has 1 aliphatic rings. The maximum absolute atomic E-state index is 12.5. The molecule has 0 bridgehead atoms. The quantitative estimate of drug-likeness (QED) is 0.904. The van der Waals surface area contributed by atoms with Gasteiger partial charge in [-0.1, -0.05) is 6.92 Å². The molecule has 0 unspecified atom stereocenters. The molecule has 0 aromatic carbocycles. The van der Waals surface area contributed by atoms with Crippen molar-refractivity contribution in [3.63, 3.8) is 0 Å². The van der Waals surface area contributed by atoms with Gasteiger partial charge >= 0.3 is 0 Å². The van der Waals surface area contributed by atoms with Crippen LogP contribution in [0.4, 0.5) is 5.82 Å². The molecule has 0 atom stereocenters. The summed E-state index contributed by atoms with van der Waals surface area (Å²) in [6.07, 6.45) is 6.31. The van der Waals surface area contributed by atoms with Gasteiger partial charge in [-0.25, -0.2) is 4.98 Å². The summed E-state index contributed by atoms with van der Waals surface area (Å²) in [4.78, 5) is 22.8. The minimum Gasteiger partial charge on any atom is -0.369 e. The smallest absolute Gasteiger partial charge is 0.274 e. The fraction of sp³-hybridized carbons (Fsp3) is 0.643. The van der Waals surface area contributed by atoms with E-state index >= 15 is 0 Å². The molecule has 5 heteroatoms. The zero-order valence-corrected chi connectivity index (χ0v) is 11.9. The molecule has 1 aliphatic heterocycles. The summed E-state index contributed by atoms with van der Waals surface area (Å²) in [6, 6.07) is 0. The van der Waals surface area contributed by atoms with Crippen LogP contribution in [0.2, 0.25) is 0 Å². The average Bonchev–Trinajstić information content (AvgIpc) is 2.75. The number of aromatic nitrogens is 2. The van der Waals surface area contributed by atoms with Gasteiger partial charge in [-0.15, -0.1) is 0 Å². The van der Waals surface area contributed by atoms with Crippen molar-refractivity contribution >= 4 is 11.7 Å². The Bertz CT molecular complexity index is 459. The highest BCUT2D eigenvalue weighted by atomic mass is 16.2. The summed E-state index contributed by atoms with van der Waals surface area (Å²) in [5, 5.41) is 3.16. The molecular weight excluding hydrogens is 240 g/mol. The van der Waals surface area contributed by atoms with E-state index < -0.39 is 0 Å². The second-order valence-electron chi connectivity index (χ2n) is 5.59. The Kier molecular flexibility index (Phi) is 4.02. The zero-order valence-electron chi connectivity index (χ0n) is 11.9. The van der Waals surface area contributed by atoms with Gasteiger partial charge in [-0.2, -0.15) is 0 Å². The van der Waals surface area contributed by atoms with E-state index in [4.69, 9.17) is 0 Å². The van der Waals surface area contributed by atoms with E-state index in [1.807, 2.05) is 4.90 Å². The molecule has 1 fully saturated rings. The number of amides is 1. The van der Waals surface area contributed by atoms with Crippen LogP contribution < -0.4 is 5.32 Å². The van der Waals surface area contributed by atoms with Crippen LogP contribution in [-0.4, -0.2) is 39.4 Å². The van der Waals surface area contributed by atoms with Gasteiger partial charge in [-0.05, 0) is 33.1 Å². The van der Waals surface area contributed by atoms with E-state index in [1.165, 1.54) is 0 Å². The van der Waals surface area contributed by atoms with Gasteiger partial charge in [-0.3, -0.25) is 9.78 Å². The van der Waals surface area contributed by atoms with E-state index in [0.29, 0.717) is 11.5 Å². The fourth-order valence-corrected chi connectivity index (χ4v) is 2.43. The van der Waals surface area contributed by atoms with Crippen molar-refractivity contribution in [3.05, 3.63) is 18.1 Å². The van der Waals surface area contributed by atoms with Crippen LogP contribution in [0, 0.1) is 0 Å². The first-order valence-electron chi connectivity index (χ1n) is 6.92. The Balaban J connectivity index is 2.15. The van der Waals surface area contributed by atoms with Crippen molar-refractivity contribution in [2.45, 2.75) is 45.6 Å². The molecule has 1 saturated heterocycles. The van der Waals surface area contributed by atoms with Crippen LogP contribution in [0.15, 0.2) is 12.4 Å². The maximum atomic E-state index is 12.5. The lowest BCUT2D eigenvalue weighted by Crippen LogP contribution is -2.43. The fourth-order valence-electron chi connectivity index (χ4n) is 2.43. The van der Waals surface area contributed by atoms with Crippen molar-refractivity contribution in [1.82, 2.24) is 14.9 Å². The zero-order chi connectivity index (χ0) is 13.9. The Labute approximate surface area is 114 Å². The van der Waals surface area contributed by atoms with Gasteiger partial charge in [0.15, 0.2) is 0 Å². The second-order valence-corrected chi connectivity index (χ2v) is 5.59. The van der Waals surface area contributed by atoms with Gasteiger partial charge < -0.3 is 10.2 Å². The minimum atomic E-state index is -0.0778. The van der Waals surface area contributed by atoms with Crippen molar-refractivity contribution in [1.29, 1.82) is 0 Å². The highest BCUT2D eigenvalue weighted by Gasteiger charge is 2.36. The van der Waals surface area contributed by atoms with Crippen LogP contribution in [-0.2, 0) is 0 Å². The lowest BCUT2D eigenvalue weighted by atomic mass is 10.0. The van der Waals surface area contributed by atoms with Crippen molar-refractivity contribution in [2.24, 2.45) is 0 Å². The largest absolute Gasteiger partial charge is 0.369 e. The predicted octanol–water partition coefficient (Wildman–Crippen LogP) is 2.31. The lowest BCUT2D eigenvalue weighted by molar-refractivity contribution is 0.0645. The molecule has 19 heavy (non-hydrogen) atoms. The van der Waals surface area contributed by atoms with Gasteiger partial charge in [0.1, 0.15) is 11.5 Å². The lowest BCUT2D eigenvalue weighted by Gasteiger charge is -2.31. The number of hydrogen-bond acceptors (Lipinski definition) is 4. The van der Waals surface area contributed by atoms with E-state index in [0.717, 1.165) is 32.4 Å². The van der Waals surface area contributed by atoms with Gasteiger partial charge in [0.2, 0.25) is 0 Å². The van der Waals surface area contributed by atoms with E-state index in [1.54, 1.807) is 12.4 Å². The van der Waals surface area contributed by atoms with E-state index in [9.17, 15) is 4.79 Å². The first-order chi connectivity index (χ1) is 9.04. The van der Waals surface area contributed by atoms with Crippen LogP contribution >= 0.6 is 0 Å². The predicted molar refractivity (Wildman–Crippen MR) is 75.2 cm³/mol. The van der Waals surface area contributed by atoms with Gasteiger partial charge in [0.25, 0.3) is 5.91 Å². The topological polar surface area (TPSA) is 58.1 Å². The molecule has 2 rings (SSSR count). The Morgan fingerprint density at radius 2 is 2.26 bits per heavy atom. The second kappa shape index (κ2) is 5.55. The number of carbonyl (C=O) groups is 1. The molecular formula is C14H22N4O. The molecule has 0 spiro atoms. The SMILES string of the molecule is CCCNc1cncc(C(=O)N2CCCC2(C)C)n1. The third-order valence-electron chi connectivity index (χ3n) is 3.56. The highest BCUT2D eigenvalue weighted by molar-refractivity contribution is 5.93. The normalized spacial score (nSPS) is 17.5. The van der Waals surface area contributed by atoms with Crippen molar-refractivity contribution in [3.8, 4) is 0 Å². The molecule has 0 saturated carbocycles. The molecule has 5 nitrogen and oxygen atoms in total. The number of likely N-dealkylation sites (tertiary alicyclic amines) is 1. The molecule has 1 aromatic heterocycles. The number of nitrogens with one attached hydrogen (secondary N) is 1. The monoisotopic (exact) mass is 262 g/mol. The van der Waals surface area contributed by atoms with E-state index in [2.05, 4.69) is 36.1 Å². The van der Waals surface area contributed by atoms with Gasteiger partial charge in [0.05, 0.1) is 12.4 Å². The molecule has 1 amide bonds.